The van der Waals surface area contributed by atoms with E-state index in [1.165, 1.54) is 18.2 Å². The molecule has 0 saturated carbocycles. The highest BCUT2D eigenvalue weighted by Gasteiger charge is 2.27. The quantitative estimate of drug-likeness (QED) is 0.502. The smallest absolute Gasteiger partial charge is 0.242 e. The van der Waals surface area contributed by atoms with Crippen molar-refractivity contribution >= 4 is 39.1 Å². The summed E-state index contributed by atoms with van der Waals surface area (Å²) in [5.41, 5.74) is 2.85. The van der Waals surface area contributed by atoms with Crippen molar-refractivity contribution in [1.29, 1.82) is 0 Å². The molecule has 0 unspecified atom stereocenters. The van der Waals surface area contributed by atoms with Crippen LogP contribution in [0.3, 0.4) is 0 Å². The predicted octanol–water partition coefficient (Wildman–Crippen LogP) is 4.51. The number of hydrogen-bond donors (Lipinski definition) is 2. The van der Waals surface area contributed by atoms with Gasteiger partial charge in [0, 0.05) is 11.6 Å². The van der Waals surface area contributed by atoms with E-state index in [1.807, 2.05) is 61.5 Å². The maximum atomic E-state index is 13.0. The third-order valence-electron chi connectivity index (χ3n) is 4.67. The van der Waals surface area contributed by atoms with E-state index >= 15 is 0 Å². The molecule has 0 aliphatic heterocycles. The Hall–Kier alpha value is -2.38. The Kier molecular flexibility index (Phi) is 7.73. The zero-order valence-corrected chi connectivity index (χ0v) is 19.1. The highest BCUT2D eigenvalue weighted by atomic mass is 35.5. The van der Waals surface area contributed by atoms with Gasteiger partial charge in [-0.25, -0.2) is 8.42 Å². The molecule has 8 heteroatoms. The fourth-order valence-electron chi connectivity index (χ4n) is 2.99. The second-order valence-electron chi connectivity index (χ2n) is 7.14. The summed E-state index contributed by atoms with van der Waals surface area (Å²) in [6.07, 6.45) is 0.179. The fraction of sp³-hybridized carbons (Fsp3) is 0.174. The third-order valence-corrected chi connectivity index (χ3v) is 6.86. The van der Waals surface area contributed by atoms with Crippen molar-refractivity contribution in [3.63, 3.8) is 0 Å². The number of carbonyl (C=O) groups is 1. The van der Waals surface area contributed by atoms with Crippen LogP contribution in [0, 0.1) is 6.92 Å². The van der Waals surface area contributed by atoms with E-state index in [0.29, 0.717) is 0 Å². The Bertz CT molecular complexity index is 1150. The lowest BCUT2D eigenvalue weighted by molar-refractivity contribution is -0.122. The first-order chi connectivity index (χ1) is 14.7. The van der Waals surface area contributed by atoms with Crippen molar-refractivity contribution in [2.75, 3.05) is 0 Å². The first-order valence-corrected chi connectivity index (χ1v) is 11.8. The number of sulfonamides is 1. The summed E-state index contributed by atoms with van der Waals surface area (Å²) in [6, 6.07) is 20.0. The molecule has 1 atom stereocenters. The number of carbonyl (C=O) groups excluding carboxylic acids is 1. The van der Waals surface area contributed by atoms with E-state index < -0.39 is 22.0 Å². The van der Waals surface area contributed by atoms with Crippen LogP contribution in [0.4, 0.5) is 0 Å². The van der Waals surface area contributed by atoms with Gasteiger partial charge in [-0.2, -0.15) is 4.72 Å². The van der Waals surface area contributed by atoms with Crippen LogP contribution >= 0.6 is 23.2 Å². The maximum absolute atomic E-state index is 13.0. The lowest BCUT2D eigenvalue weighted by atomic mass is 10.1. The van der Waals surface area contributed by atoms with Gasteiger partial charge >= 0.3 is 0 Å². The lowest BCUT2D eigenvalue weighted by Crippen LogP contribution is -2.47. The highest BCUT2D eigenvalue weighted by Crippen LogP contribution is 2.25. The van der Waals surface area contributed by atoms with E-state index in [1.54, 1.807) is 0 Å². The Morgan fingerprint density at radius 3 is 2.29 bits per heavy atom. The molecular formula is C23H22Cl2N2O3S. The fourth-order valence-corrected chi connectivity index (χ4v) is 4.95. The van der Waals surface area contributed by atoms with Gasteiger partial charge in [-0.05, 0) is 42.7 Å². The van der Waals surface area contributed by atoms with Crippen molar-refractivity contribution in [3.8, 4) is 0 Å². The SMILES string of the molecule is Cc1ccc(CNC(=O)[C@@H](Cc2ccccc2)NS(=O)(=O)c2cc(Cl)ccc2Cl)cc1. The lowest BCUT2D eigenvalue weighted by Gasteiger charge is -2.19. The van der Waals surface area contributed by atoms with Gasteiger partial charge in [0.25, 0.3) is 0 Å². The van der Waals surface area contributed by atoms with E-state index in [4.69, 9.17) is 23.2 Å². The molecule has 162 valence electrons. The van der Waals surface area contributed by atoms with Gasteiger partial charge in [-0.15, -0.1) is 0 Å². The van der Waals surface area contributed by atoms with Crippen LogP contribution < -0.4 is 10.0 Å². The normalized spacial score (nSPS) is 12.4. The molecule has 5 nitrogen and oxygen atoms in total. The predicted molar refractivity (Wildman–Crippen MR) is 124 cm³/mol. The van der Waals surface area contributed by atoms with Crippen molar-refractivity contribution in [2.24, 2.45) is 0 Å². The first-order valence-electron chi connectivity index (χ1n) is 9.59. The minimum atomic E-state index is -4.09. The van der Waals surface area contributed by atoms with Crippen LogP contribution in [0.15, 0.2) is 77.7 Å². The minimum absolute atomic E-state index is 0.0235. The molecule has 0 heterocycles. The summed E-state index contributed by atoms with van der Waals surface area (Å²) in [7, 11) is -4.09. The van der Waals surface area contributed by atoms with Crippen LogP contribution in [-0.2, 0) is 27.8 Å². The molecule has 0 radical (unpaired) electrons. The molecule has 0 spiro atoms. The molecule has 3 aromatic carbocycles. The molecule has 2 N–H and O–H groups in total. The average molecular weight is 477 g/mol. The third kappa shape index (κ3) is 6.55. The van der Waals surface area contributed by atoms with Crippen LogP contribution in [0.5, 0.6) is 0 Å². The van der Waals surface area contributed by atoms with Gasteiger partial charge in [0.1, 0.15) is 10.9 Å². The average Bonchev–Trinajstić information content (AvgIpc) is 2.75. The molecule has 3 aromatic rings. The van der Waals surface area contributed by atoms with Crippen LogP contribution in [0.1, 0.15) is 16.7 Å². The Morgan fingerprint density at radius 1 is 0.935 bits per heavy atom. The van der Waals surface area contributed by atoms with Crippen molar-refractivity contribution in [3.05, 3.63) is 99.5 Å². The summed E-state index contributed by atoms with van der Waals surface area (Å²) in [4.78, 5) is 12.8. The molecular weight excluding hydrogens is 455 g/mol. The van der Waals surface area contributed by atoms with E-state index in [9.17, 15) is 13.2 Å². The second kappa shape index (κ2) is 10.3. The van der Waals surface area contributed by atoms with Gasteiger partial charge in [-0.3, -0.25) is 4.79 Å². The standard InChI is InChI=1S/C23H22Cl2N2O3S/c1-16-7-9-18(10-8-16)15-26-23(28)21(13-17-5-3-2-4-6-17)27-31(29,30)22-14-19(24)11-12-20(22)25/h2-12,14,21,27H,13,15H2,1H3,(H,26,28)/t21-/m1/s1. The van der Waals surface area contributed by atoms with Crippen molar-refractivity contribution < 1.29 is 13.2 Å². The Morgan fingerprint density at radius 2 is 1.61 bits per heavy atom. The number of nitrogens with one attached hydrogen (secondary N) is 2. The van der Waals surface area contributed by atoms with Crippen molar-refractivity contribution in [2.45, 2.75) is 30.8 Å². The maximum Gasteiger partial charge on any atom is 0.242 e. The van der Waals surface area contributed by atoms with E-state index in [2.05, 4.69) is 10.0 Å². The van der Waals surface area contributed by atoms with Gasteiger partial charge in [0.2, 0.25) is 15.9 Å². The zero-order valence-electron chi connectivity index (χ0n) is 16.8. The number of halogens is 2. The summed E-state index contributed by atoms with van der Waals surface area (Å²) in [5.74, 6) is -0.439. The van der Waals surface area contributed by atoms with E-state index in [-0.39, 0.29) is 27.9 Å². The van der Waals surface area contributed by atoms with Crippen LogP contribution in [0.2, 0.25) is 10.0 Å². The number of hydrogen-bond acceptors (Lipinski definition) is 3. The summed E-state index contributed by atoms with van der Waals surface area (Å²) >= 11 is 12.0. The molecule has 0 bridgehead atoms. The summed E-state index contributed by atoms with van der Waals surface area (Å²) < 4.78 is 28.5. The highest BCUT2D eigenvalue weighted by molar-refractivity contribution is 7.89. The van der Waals surface area contributed by atoms with Gasteiger partial charge in [0.15, 0.2) is 0 Å². The molecule has 1 amide bonds. The molecule has 0 saturated heterocycles. The molecule has 31 heavy (non-hydrogen) atoms. The van der Waals surface area contributed by atoms with Crippen LogP contribution in [0.25, 0.3) is 0 Å². The number of aryl methyl sites for hydroxylation is 1. The van der Waals surface area contributed by atoms with E-state index in [0.717, 1.165) is 16.7 Å². The number of amides is 1. The van der Waals surface area contributed by atoms with Gasteiger partial charge in [0.05, 0.1) is 5.02 Å². The summed E-state index contributed by atoms with van der Waals surface area (Å²) in [6.45, 7) is 2.26. The Labute approximate surface area is 192 Å². The summed E-state index contributed by atoms with van der Waals surface area (Å²) in [5, 5.41) is 3.07. The number of benzene rings is 3. The van der Waals surface area contributed by atoms with Crippen molar-refractivity contribution in [1.82, 2.24) is 10.0 Å². The monoisotopic (exact) mass is 476 g/mol. The zero-order chi connectivity index (χ0) is 22.4. The molecule has 0 fully saturated rings. The topological polar surface area (TPSA) is 75.3 Å². The largest absolute Gasteiger partial charge is 0.351 e. The number of rotatable bonds is 8. The second-order valence-corrected chi connectivity index (χ2v) is 9.67. The molecule has 3 rings (SSSR count). The molecule has 0 aromatic heterocycles. The Balaban J connectivity index is 1.82. The first kappa shape index (κ1) is 23.3. The molecule has 0 aliphatic carbocycles. The molecule has 0 aliphatic rings. The van der Waals surface area contributed by atoms with Crippen LogP contribution in [-0.4, -0.2) is 20.4 Å². The minimum Gasteiger partial charge on any atom is -0.351 e. The van der Waals surface area contributed by atoms with Gasteiger partial charge in [-0.1, -0.05) is 83.4 Å². The van der Waals surface area contributed by atoms with Gasteiger partial charge < -0.3 is 5.32 Å².